The number of guanidine groups is 1. The first-order valence-corrected chi connectivity index (χ1v) is 5.52. The van der Waals surface area contributed by atoms with Crippen LogP contribution < -0.4 is 11.1 Å². The quantitative estimate of drug-likeness (QED) is 0.705. The third-order valence-corrected chi connectivity index (χ3v) is 2.62. The zero-order valence-corrected chi connectivity index (χ0v) is 10.0. The van der Waals surface area contributed by atoms with Crippen LogP contribution in [0.3, 0.4) is 0 Å². The number of nitrogens with two attached hydrogens (primary N) is 1. The number of rotatable bonds is 2. The Morgan fingerprint density at radius 1 is 1.50 bits per heavy atom. The standard InChI is InChI=1S/C12H14N4O2/c1-16-7-11(18)15-12(16)14-10(17)6-8-4-2-3-5-9(8)13/h2-5H,6-7,13H2,1H3,(H,14,15,17,18). The maximum atomic E-state index is 11.8. The van der Waals surface area contributed by atoms with Gasteiger partial charge < -0.3 is 10.6 Å². The minimum atomic E-state index is -0.336. The second-order valence-corrected chi connectivity index (χ2v) is 4.11. The number of carbonyl (C=O) groups is 2. The van der Waals surface area contributed by atoms with Gasteiger partial charge in [0.25, 0.3) is 5.91 Å². The molecule has 1 aromatic rings. The molecule has 6 nitrogen and oxygen atoms in total. The molecule has 2 rings (SSSR count). The number of likely N-dealkylation sites (N-methyl/N-ethyl adjacent to an activating group) is 1. The summed E-state index contributed by atoms with van der Waals surface area (Å²) in [7, 11) is 1.70. The Morgan fingerprint density at radius 3 is 2.83 bits per heavy atom. The molecular weight excluding hydrogens is 232 g/mol. The highest BCUT2D eigenvalue weighted by Crippen LogP contribution is 2.11. The normalized spacial score (nSPS) is 17.1. The number of amides is 2. The average molecular weight is 246 g/mol. The Bertz CT molecular complexity index is 525. The van der Waals surface area contributed by atoms with Crippen molar-refractivity contribution in [1.29, 1.82) is 0 Å². The van der Waals surface area contributed by atoms with Gasteiger partial charge in [0.1, 0.15) is 0 Å². The number of aliphatic imine (C=N–C) groups is 1. The third-order valence-electron chi connectivity index (χ3n) is 2.62. The lowest BCUT2D eigenvalue weighted by molar-refractivity contribution is -0.118. The zero-order valence-electron chi connectivity index (χ0n) is 10.0. The molecule has 0 radical (unpaired) electrons. The second kappa shape index (κ2) is 4.87. The van der Waals surface area contributed by atoms with E-state index in [1.165, 1.54) is 0 Å². The molecule has 1 fully saturated rings. The van der Waals surface area contributed by atoms with Crippen molar-refractivity contribution in [3.8, 4) is 0 Å². The molecule has 18 heavy (non-hydrogen) atoms. The van der Waals surface area contributed by atoms with Crippen LogP contribution in [0.5, 0.6) is 0 Å². The van der Waals surface area contributed by atoms with Gasteiger partial charge >= 0.3 is 0 Å². The van der Waals surface area contributed by atoms with Gasteiger partial charge in [-0.2, -0.15) is 4.99 Å². The molecule has 94 valence electrons. The van der Waals surface area contributed by atoms with Crippen LogP contribution >= 0.6 is 0 Å². The number of nitrogen functional groups attached to an aromatic ring is 1. The zero-order chi connectivity index (χ0) is 13.1. The highest BCUT2D eigenvalue weighted by molar-refractivity contribution is 6.07. The highest BCUT2D eigenvalue weighted by Gasteiger charge is 2.22. The smallest absolute Gasteiger partial charge is 0.253 e. The van der Waals surface area contributed by atoms with Crippen LogP contribution in [-0.2, 0) is 16.0 Å². The SMILES string of the molecule is CN1CC(=O)NC1=NC(=O)Cc1ccccc1N. The molecule has 0 spiro atoms. The summed E-state index contributed by atoms with van der Waals surface area (Å²) in [6.45, 7) is 0.222. The summed E-state index contributed by atoms with van der Waals surface area (Å²) in [4.78, 5) is 28.3. The summed E-state index contributed by atoms with van der Waals surface area (Å²) in [5, 5.41) is 2.52. The fourth-order valence-corrected chi connectivity index (χ4v) is 1.68. The molecule has 1 aliphatic rings. The Morgan fingerprint density at radius 2 is 2.22 bits per heavy atom. The van der Waals surface area contributed by atoms with Crippen molar-refractivity contribution in [1.82, 2.24) is 10.2 Å². The van der Waals surface area contributed by atoms with Gasteiger partial charge in [0.15, 0.2) is 0 Å². The molecule has 1 saturated heterocycles. The average Bonchev–Trinajstić information content (AvgIpc) is 2.61. The number of nitrogens with zero attached hydrogens (tertiary/aromatic N) is 2. The molecule has 1 aliphatic heterocycles. The van der Waals surface area contributed by atoms with E-state index in [2.05, 4.69) is 10.3 Å². The fourth-order valence-electron chi connectivity index (χ4n) is 1.68. The van der Waals surface area contributed by atoms with Crippen molar-refractivity contribution >= 4 is 23.5 Å². The molecule has 6 heteroatoms. The maximum absolute atomic E-state index is 11.8. The van der Waals surface area contributed by atoms with E-state index in [1.807, 2.05) is 6.07 Å². The number of hydrogen-bond acceptors (Lipinski definition) is 3. The molecule has 0 aromatic heterocycles. The number of para-hydroxylation sites is 1. The van der Waals surface area contributed by atoms with Crippen molar-refractivity contribution in [3.63, 3.8) is 0 Å². The van der Waals surface area contributed by atoms with E-state index in [-0.39, 0.29) is 24.8 Å². The van der Waals surface area contributed by atoms with E-state index in [1.54, 1.807) is 30.1 Å². The maximum Gasteiger partial charge on any atom is 0.253 e. The molecule has 0 aliphatic carbocycles. The number of hydrogen-bond donors (Lipinski definition) is 2. The Hall–Kier alpha value is -2.37. The van der Waals surface area contributed by atoms with E-state index in [4.69, 9.17) is 5.73 Å². The van der Waals surface area contributed by atoms with Gasteiger partial charge in [-0.3, -0.25) is 14.9 Å². The predicted molar refractivity (Wildman–Crippen MR) is 67.8 cm³/mol. The van der Waals surface area contributed by atoms with Crippen molar-refractivity contribution in [3.05, 3.63) is 29.8 Å². The van der Waals surface area contributed by atoms with Gasteiger partial charge in [0.2, 0.25) is 11.9 Å². The van der Waals surface area contributed by atoms with E-state index < -0.39 is 0 Å². The van der Waals surface area contributed by atoms with Gasteiger partial charge in [-0.05, 0) is 11.6 Å². The predicted octanol–water partition coefficient (Wildman–Crippen LogP) is -0.244. The summed E-state index contributed by atoms with van der Waals surface area (Å²) < 4.78 is 0. The second-order valence-electron chi connectivity index (χ2n) is 4.11. The lowest BCUT2D eigenvalue weighted by Gasteiger charge is -2.08. The number of nitrogens with one attached hydrogen (secondary N) is 1. The van der Waals surface area contributed by atoms with E-state index in [9.17, 15) is 9.59 Å². The monoisotopic (exact) mass is 246 g/mol. The molecule has 0 bridgehead atoms. The van der Waals surface area contributed by atoms with Crippen LogP contribution in [0, 0.1) is 0 Å². The summed E-state index contributed by atoms with van der Waals surface area (Å²) in [5.41, 5.74) is 7.05. The van der Waals surface area contributed by atoms with Crippen LogP contribution in [0.25, 0.3) is 0 Å². The number of carbonyl (C=O) groups excluding carboxylic acids is 2. The Balaban J connectivity index is 2.08. The molecule has 2 amide bonds. The first-order valence-electron chi connectivity index (χ1n) is 5.52. The van der Waals surface area contributed by atoms with Crippen molar-refractivity contribution in [2.75, 3.05) is 19.3 Å². The van der Waals surface area contributed by atoms with Crippen LogP contribution in [-0.4, -0.2) is 36.3 Å². The number of anilines is 1. The Labute approximate surface area is 104 Å². The molecule has 1 aromatic carbocycles. The largest absolute Gasteiger partial charge is 0.398 e. The van der Waals surface area contributed by atoms with Gasteiger partial charge in [-0.25, -0.2) is 0 Å². The molecular formula is C12H14N4O2. The molecule has 0 atom stereocenters. The summed E-state index contributed by atoms with van der Waals surface area (Å²) in [5.74, 6) is -0.209. The first kappa shape index (κ1) is 12.1. The molecule has 3 N–H and O–H groups in total. The highest BCUT2D eigenvalue weighted by atomic mass is 16.2. The molecule has 0 unspecified atom stereocenters. The minimum absolute atomic E-state index is 0.125. The minimum Gasteiger partial charge on any atom is -0.398 e. The summed E-state index contributed by atoms with van der Waals surface area (Å²) in [6.07, 6.45) is 0.125. The Kier molecular flexibility index (Phi) is 3.27. The van der Waals surface area contributed by atoms with E-state index in [0.29, 0.717) is 11.6 Å². The van der Waals surface area contributed by atoms with E-state index in [0.717, 1.165) is 5.56 Å². The lowest BCUT2D eigenvalue weighted by atomic mass is 10.1. The van der Waals surface area contributed by atoms with Gasteiger partial charge in [0, 0.05) is 12.7 Å². The topological polar surface area (TPSA) is 87.8 Å². The summed E-state index contributed by atoms with van der Waals surface area (Å²) >= 11 is 0. The van der Waals surface area contributed by atoms with Crippen LogP contribution in [0.2, 0.25) is 0 Å². The fraction of sp³-hybridized carbons (Fsp3) is 0.250. The van der Waals surface area contributed by atoms with E-state index >= 15 is 0 Å². The third kappa shape index (κ3) is 2.65. The van der Waals surface area contributed by atoms with Crippen molar-refractivity contribution < 1.29 is 9.59 Å². The van der Waals surface area contributed by atoms with Crippen molar-refractivity contribution in [2.45, 2.75) is 6.42 Å². The summed E-state index contributed by atoms with van der Waals surface area (Å²) in [6, 6.07) is 7.14. The lowest BCUT2D eigenvalue weighted by Crippen LogP contribution is -2.28. The number of benzene rings is 1. The van der Waals surface area contributed by atoms with Crippen LogP contribution in [0.4, 0.5) is 5.69 Å². The van der Waals surface area contributed by atoms with Gasteiger partial charge in [-0.1, -0.05) is 18.2 Å². The van der Waals surface area contributed by atoms with Gasteiger partial charge in [-0.15, -0.1) is 0 Å². The molecule has 0 saturated carbocycles. The first-order chi connectivity index (χ1) is 8.56. The molecule has 1 heterocycles. The van der Waals surface area contributed by atoms with Crippen LogP contribution in [0.1, 0.15) is 5.56 Å². The van der Waals surface area contributed by atoms with Crippen LogP contribution in [0.15, 0.2) is 29.3 Å². The van der Waals surface area contributed by atoms with Gasteiger partial charge in [0.05, 0.1) is 13.0 Å². The van der Waals surface area contributed by atoms with Crippen molar-refractivity contribution in [2.24, 2.45) is 4.99 Å².